The number of rotatable bonds is 5. The maximum atomic E-state index is 12.9. The van der Waals surface area contributed by atoms with E-state index in [1.54, 1.807) is 17.4 Å². The van der Waals surface area contributed by atoms with Gasteiger partial charge in [-0.25, -0.2) is 4.79 Å². The largest absolute Gasteiger partial charge is 0.467 e. The molecule has 134 valence electrons. The van der Waals surface area contributed by atoms with Crippen molar-refractivity contribution < 1.29 is 18.4 Å². The zero-order chi connectivity index (χ0) is 17.1. The van der Waals surface area contributed by atoms with Gasteiger partial charge in [0.05, 0.1) is 31.7 Å². The zero-order valence-corrected chi connectivity index (χ0v) is 14.2. The van der Waals surface area contributed by atoms with Gasteiger partial charge in [-0.15, -0.1) is 0 Å². The molecule has 0 radical (unpaired) electrons. The van der Waals surface area contributed by atoms with Crippen LogP contribution < -0.4 is 5.32 Å². The molecule has 6 heteroatoms. The number of carbonyl (C=O) groups excluding carboxylic acids is 1. The predicted molar refractivity (Wildman–Crippen MR) is 90.7 cm³/mol. The van der Waals surface area contributed by atoms with Gasteiger partial charge in [-0.3, -0.25) is 0 Å². The van der Waals surface area contributed by atoms with Gasteiger partial charge < -0.3 is 23.8 Å². The Hall–Kier alpha value is -2.21. The van der Waals surface area contributed by atoms with E-state index in [1.165, 1.54) is 0 Å². The van der Waals surface area contributed by atoms with Crippen molar-refractivity contribution in [3.63, 3.8) is 0 Å². The Balaban J connectivity index is 1.44. The highest BCUT2D eigenvalue weighted by atomic mass is 16.5. The molecule has 2 aromatic rings. The number of nitrogens with one attached hydrogen (secondary N) is 1. The van der Waals surface area contributed by atoms with Crippen LogP contribution in [0, 0.1) is 5.92 Å². The Kier molecular flexibility index (Phi) is 4.78. The maximum Gasteiger partial charge on any atom is 0.318 e. The molecule has 2 aliphatic rings. The summed E-state index contributed by atoms with van der Waals surface area (Å²) in [4.78, 5) is 14.7. The molecule has 3 heterocycles. The van der Waals surface area contributed by atoms with Crippen molar-refractivity contribution in [2.75, 3.05) is 6.61 Å². The second-order valence-electron chi connectivity index (χ2n) is 6.86. The van der Waals surface area contributed by atoms with E-state index in [0.717, 1.165) is 43.8 Å². The van der Waals surface area contributed by atoms with Gasteiger partial charge in [-0.2, -0.15) is 0 Å². The van der Waals surface area contributed by atoms with Crippen LogP contribution in [0.3, 0.4) is 0 Å². The van der Waals surface area contributed by atoms with Gasteiger partial charge in [-0.05, 0) is 49.9 Å². The van der Waals surface area contributed by atoms with E-state index in [2.05, 4.69) is 5.32 Å². The Morgan fingerprint density at radius 3 is 2.44 bits per heavy atom. The fourth-order valence-corrected chi connectivity index (χ4v) is 3.99. The van der Waals surface area contributed by atoms with Crippen LogP contribution >= 0.6 is 0 Å². The normalized spacial score (nSPS) is 25.5. The molecule has 0 spiro atoms. The lowest BCUT2D eigenvalue weighted by atomic mass is 9.82. The average Bonchev–Trinajstić information content (AvgIpc) is 3.37. The first-order valence-corrected chi connectivity index (χ1v) is 9.01. The molecule has 4 rings (SSSR count). The second kappa shape index (κ2) is 7.35. The zero-order valence-electron chi connectivity index (χ0n) is 14.2. The van der Waals surface area contributed by atoms with Crippen LogP contribution in [0.4, 0.5) is 4.79 Å². The Morgan fingerprint density at radius 2 is 1.80 bits per heavy atom. The first-order valence-electron chi connectivity index (χ1n) is 9.01. The van der Waals surface area contributed by atoms with Crippen LogP contribution in [0.1, 0.15) is 37.2 Å². The van der Waals surface area contributed by atoms with Gasteiger partial charge in [0.2, 0.25) is 0 Å². The highest BCUT2D eigenvalue weighted by molar-refractivity contribution is 5.74. The highest BCUT2D eigenvalue weighted by Gasteiger charge is 2.38. The number of fused-ring (bicyclic) bond motifs is 1. The summed E-state index contributed by atoms with van der Waals surface area (Å²) in [5, 5.41) is 3.24. The standard InChI is InChI=1S/C19H24N2O4/c22-19(20-17-6-1-7-18-16(17)8-11-25-18)21(12-14-4-2-9-23-14)13-15-5-3-10-24-15/h2-5,9-10,16-18H,1,6-8,11-13H2,(H,20,22)/t16-,17-,18+/m1/s1. The molecule has 3 atom stereocenters. The summed E-state index contributed by atoms with van der Waals surface area (Å²) in [5.41, 5.74) is 0. The molecule has 6 nitrogen and oxygen atoms in total. The lowest BCUT2D eigenvalue weighted by Crippen LogP contribution is -2.50. The topological polar surface area (TPSA) is 67.8 Å². The third-order valence-corrected chi connectivity index (χ3v) is 5.23. The molecule has 1 N–H and O–H groups in total. The molecule has 25 heavy (non-hydrogen) atoms. The monoisotopic (exact) mass is 344 g/mol. The van der Waals surface area contributed by atoms with E-state index in [9.17, 15) is 4.79 Å². The first-order chi connectivity index (χ1) is 12.3. The molecule has 2 fully saturated rings. The van der Waals surface area contributed by atoms with Crippen molar-refractivity contribution in [3.05, 3.63) is 48.3 Å². The summed E-state index contributed by atoms with van der Waals surface area (Å²) in [7, 11) is 0. The second-order valence-corrected chi connectivity index (χ2v) is 6.86. The Morgan fingerprint density at radius 1 is 1.08 bits per heavy atom. The minimum absolute atomic E-state index is 0.0784. The SMILES string of the molecule is O=C(N[C@@H]1CCC[C@@H]2OCC[C@@H]21)N(Cc1ccco1)Cc1ccco1. The van der Waals surface area contributed by atoms with E-state index < -0.39 is 0 Å². The lowest BCUT2D eigenvalue weighted by Gasteiger charge is -2.34. The fraction of sp³-hybridized carbons (Fsp3) is 0.526. The number of furan rings is 2. The molecule has 0 bridgehead atoms. The molecule has 1 saturated heterocycles. The number of urea groups is 1. The molecular formula is C19H24N2O4. The summed E-state index contributed by atoms with van der Waals surface area (Å²) < 4.78 is 16.6. The molecule has 1 saturated carbocycles. The van der Waals surface area contributed by atoms with Gasteiger partial charge >= 0.3 is 6.03 Å². The number of hydrogen-bond acceptors (Lipinski definition) is 4. The molecular weight excluding hydrogens is 320 g/mol. The lowest BCUT2D eigenvalue weighted by molar-refractivity contribution is 0.0534. The predicted octanol–water partition coefficient (Wildman–Crippen LogP) is 3.54. The fourth-order valence-electron chi connectivity index (χ4n) is 3.99. The van der Waals surface area contributed by atoms with E-state index in [-0.39, 0.29) is 12.1 Å². The average molecular weight is 344 g/mol. The van der Waals surface area contributed by atoms with E-state index in [1.807, 2.05) is 24.3 Å². The summed E-state index contributed by atoms with van der Waals surface area (Å²) in [5.74, 6) is 1.95. The number of carbonyl (C=O) groups is 1. The van der Waals surface area contributed by atoms with Gasteiger partial charge in [0.15, 0.2) is 0 Å². The van der Waals surface area contributed by atoms with Gasteiger partial charge in [-0.1, -0.05) is 0 Å². The third kappa shape index (κ3) is 3.74. The highest BCUT2D eigenvalue weighted by Crippen LogP contribution is 2.34. The maximum absolute atomic E-state index is 12.9. The number of nitrogens with zero attached hydrogens (tertiary/aromatic N) is 1. The minimum atomic E-state index is -0.0784. The van der Waals surface area contributed by atoms with Crippen LogP contribution in [0.25, 0.3) is 0 Å². The summed E-state index contributed by atoms with van der Waals surface area (Å²) in [6.45, 7) is 1.64. The van der Waals surface area contributed by atoms with Gasteiger partial charge in [0.25, 0.3) is 0 Å². The van der Waals surface area contributed by atoms with Crippen molar-refractivity contribution in [1.82, 2.24) is 10.2 Å². The Labute approximate surface area is 147 Å². The van der Waals surface area contributed by atoms with Crippen LogP contribution in [-0.4, -0.2) is 29.7 Å². The summed E-state index contributed by atoms with van der Waals surface area (Å²) >= 11 is 0. The molecule has 0 aromatic carbocycles. The summed E-state index contributed by atoms with van der Waals surface area (Å²) in [6, 6.07) is 7.53. The number of ether oxygens (including phenoxy) is 1. The van der Waals surface area contributed by atoms with Gasteiger partial charge in [0, 0.05) is 18.6 Å². The van der Waals surface area contributed by atoms with E-state index in [0.29, 0.717) is 25.1 Å². The van der Waals surface area contributed by atoms with Gasteiger partial charge in [0.1, 0.15) is 11.5 Å². The molecule has 2 amide bonds. The van der Waals surface area contributed by atoms with E-state index in [4.69, 9.17) is 13.6 Å². The first kappa shape index (κ1) is 16.3. The van der Waals surface area contributed by atoms with Crippen LogP contribution in [0.15, 0.2) is 45.6 Å². The number of amides is 2. The molecule has 1 aliphatic carbocycles. The third-order valence-electron chi connectivity index (χ3n) is 5.23. The van der Waals surface area contributed by atoms with Crippen molar-refractivity contribution in [2.24, 2.45) is 5.92 Å². The molecule has 1 aliphatic heterocycles. The smallest absolute Gasteiger partial charge is 0.318 e. The quantitative estimate of drug-likeness (QED) is 0.901. The minimum Gasteiger partial charge on any atom is -0.467 e. The summed E-state index contributed by atoms with van der Waals surface area (Å²) in [6.07, 6.45) is 7.82. The van der Waals surface area contributed by atoms with Crippen molar-refractivity contribution in [1.29, 1.82) is 0 Å². The van der Waals surface area contributed by atoms with Crippen molar-refractivity contribution in [2.45, 2.75) is 50.9 Å². The van der Waals surface area contributed by atoms with Crippen molar-refractivity contribution in [3.8, 4) is 0 Å². The Bertz CT molecular complexity index is 631. The number of hydrogen-bond donors (Lipinski definition) is 1. The molecule has 2 aromatic heterocycles. The van der Waals surface area contributed by atoms with Crippen LogP contribution in [-0.2, 0) is 17.8 Å². The van der Waals surface area contributed by atoms with Crippen LogP contribution in [0.5, 0.6) is 0 Å². The molecule has 0 unspecified atom stereocenters. The van der Waals surface area contributed by atoms with E-state index >= 15 is 0 Å². The van der Waals surface area contributed by atoms with Crippen LogP contribution in [0.2, 0.25) is 0 Å². The van der Waals surface area contributed by atoms with Crippen molar-refractivity contribution >= 4 is 6.03 Å².